The van der Waals surface area contributed by atoms with Gasteiger partial charge < -0.3 is 20.1 Å². The molecule has 1 heterocycles. The predicted molar refractivity (Wildman–Crippen MR) is 158 cm³/mol. The van der Waals surface area contributed by atoms with Gasteiger partial charge in [-0.05, 0) is 118 Å². The Morgan fingerprint density at radius 3 is 2.24 bits per heavy atom. The van der Waals surface area contributed by atoms with Gasteiger partial charge in [-0.15, -0.1) is 0 Å². The number of amides is 1. The van der Waals surface area contributed by atoms with Gasteiger partial charge in [-0.25, -0.2) is 0 Å². The molecular weight excluding hydrogens is 472 g/mol. The number of carbonyl (C=O) groups excluding carboxylic acids is 1. The summed E-state index contributed by atoms with van der Waals surface area (Å²) < 4.78 is 0. The Morgan fingerprint density at radius 1 is 1.05 bits per heavy atom. The molecule has 0 spiro atoms. The van der Waals surface area contributed by atoms with Crippen LogP contribution in [0.4, 0.5) is 5.69 Å². The molecule has 0 radical (unpaired) electrons. The van der Waals surface area contributed by atoms with Crippen LogP contribution in [0.3, 0.4) is 0 Å². The van der Waals surface area contributed by atoms with Crippen LogP contribution in [0.5, 0.6) is 0 Å². The number of H-pyrrole nitrogens is 1. The summed E-state index contributed by atoms with van der Waals surface area (Å²) in [6.07, 6.45) is 4.61. The van der Waals surface area contributed by atoms with E-state index in [0.717, 1.165) is 47.5 Å². The van der Waals surface area contributed by atoms with Crippen molar-refractivity contribution in [3.8, 4) is 11.8 Å². The Balaban J connectivity index is 1.97. The minimum Gasteiger partial charge on any atom is -0.369 e. The monoisotopic (exact) mass is 518 g/mol. The molecule has 0 bridgehead atoms. The Morgan fingerprint density at radius 2 is 1.68 bits per heavy atom. The van der Waals surface area contributed by atoms with Gasteiger partial charge >= 0.3 is 0 Å². The average molecular weight is 519 g/mol. The van der Waals surface area contributed by atoms with E-state index in [2.05, 4.69) is 79.8 Å². The molecule has 2 N–H and O–H groups in total. The molecule has 0 atom stereocenters. The van der Waals surface area contributed by atoms with Crippen LogP contribution >= 0.6 is 0 Å². The lowest BCUT2D eigenvalue weighted by molar-refractivity contribution is 0.0950. The van der Waals surface area contributed by atoms with Gasteiger partial charge in [-0.3, -0.25) is 9.59 Å². The number of aromatic amines is 1. The highest BCUT2D eigenvalue weighted by Gasteiger charge is 2.28. The van der Waals surface area contributed by atoms with Crippen molar-refractivity contribution in [2.75, 3.05) is 25.5 Å². The first-order valence-electron chi connectivity index (χ1n) is 13.9. The minimum absolute atomic E-state index is 0.146. The van der Waals surface area contributed by atoms with Crippen LogP contribution in [0.2, 0.25) is 0 Å². The Bertz CT molecular complexity index is 1270. The molecule has 206 valence electrons. The zero-order valence-corrected chi connectivity index (χ0v) is 24.8. The molecule has 38 heavy (non-hydrogen) atoms. The van der Waals surface area contributed by atoms with Crippen molar-refractivity contribution < 1.29 is 4.79 Å². The molecule has 1 aromatic carbocycles. The number of nitrogens with one attached hydrogen (secondary N) is 2. The summed E-state index contributed by atoms with van der Waals surface area (Å²) in [6.45, 7) is 15.3. The van der Waals surface area contributed by atoms with Crippen LogP contribution in [0.1, 0.15) is 91.7 Å². The number of nitrogens with zero attached hydrogens (tertiary/aromatic N) is 2. The summed E-state index contributed by atoms with van der Waals surface area (Å²) in [5, 5.41) is 3.01. The van der Waals surface area contributed by atoms with Gasteiger partial charge in [0.1, 0.15) is 0 Å². The fourth-order valence-electron chi connectivity index (χ4n) is 5.44. The maximum atomic E-state index is 13.5. The lowest BCUT2D eigenvalue weighted by Crippen LogP contribution is -2.42. The molecule has 6 heteroatoms. The molecular formula is C32H46N4O2. The smallest absolute Gasteiger partial charge is 0.253 e. The van der Waals surface area contributed by atoms with Crippen molar-refractivity contribution in [3.05, 3.63) is 62.1 Å². The minimum atomic E-state index is -0.185. The lowest BCUT2D eigenvalue weighted by atomic mass is 9.88. The van der Waals surface area contributed by atoms with E-state index in [-0.39, 0.29) is 23.4 Å². The highest BCUT2D eigenvalue weighted by atomic mass is 16.1. The first kappa shape index (κ1) is 29.5. The van der Waals surface area contributed by atoms with E-state index in [9.17, 15) is 9.59 Å². The molecule has 0 saturated heterocycles. The van der Waals surface area contributed by atoms with Gasteiger partial charge in [0.2, 0.25) is 0 Å². The molecule has 1 saturated carbocycles. The van der Waals surface area contributed by atoms with E-state index in [1.807, 2.05) is 32.9 Å². The Kier molecular flexibility index (Phi) is 9.49. The fraction of sp³-hybridized carbons (Fsp3) is 0.562. The van der Waals surface area contributed by atoms with Crippen LogP contribution in [-0.4, -0.2) is 48.5 Å². The van der Waals surface area contributed by atoms with E-state index >= 15 is 0 Å². The van der Waals surface area contributed by atoms with E-state index < -0.39 is 0 Å². The normalized spacial score (nSPS) is 17.6. The number of aryl methyl sites for hydroxylation is 2. The highest BCUT2D eigenvalue weighted by Crippen LogP contribution is 2.33. The molecule has 1 aromatic heterocycles. The summed E-state index contributed by atoms with van der Waals surface area (Å²) in [5.74, 6) is 6.48. The maximum absolute atomic E-state index is 13.5. The molecule has 0 unspecified atom stereocenters. The van der Waals surface area contributed by atoms with Crippen molar-refractivity contribution in [1.29, 1.82) is 0 Å². The molecule has 2 aromatic rings. The molecule has 1 aliphatic carbocycles. The average Bonchev–Trinajstić information content (AvgIpc) is 2.83. The zero-order chi connectivity index (χ0) is 28.2. The largest absolute Gasteiger partial charge is 0.369 e. The Labute approximate surface area is 229 Å². The molecule has 0 aliphatic heterocycles. The van der Waals surface area contributed by atoms with Gasteiger partial charge in [-0.2, -0.15) is 0 Å². The summed E-state index contributed by atoms with van der Waals surface area (Å²) in [4.78, 5) is 33.7. The number of carbonyl (C=O) groups is 1. The zero-order valence-electron chi connectivity index (χ0n) is 24.8. The third-order valence-corrected chi connectivity index (χ3v) is 7.61. The first-order valence-corrected chi connectivity index (χ1v) is 13.9. The summed E-state index contributed by atoms with van der Waals surface area (Å²) in [7, 11) is 4.34. The second-order valence-corrected chi connectivity index (χ2v) is 12.0. The van der Waals surface area contributed by atoms with Gasteiger partial charge in [0, 0.05) is 58.7 Å². The highest BCUT2D eigenvalue weighted by molar-refractivity contribution is 5.97. The van der Waals surface area contributed by atoms with Gasteiger partial charge in [0.15, 0.2) is 0 Å². The number of hydrogen-bond acceptors (Lipinski definition) is 4. The maximum Gasteiger partial charge on any atom is 0.253 e. The van der Waals surface area contributed by atoms with E-state index in [1.54, 1.807) is 0 Å². The third-order valence-electron chi connectivity index (χ3n) is 7.61. The van der Waals surface area contributed by atoms with Gasteiger partial charge in [-0.1, -0.05) is 11.8 Å². The fourth-order valence-corrected chi connectivity index (χ4v) is 5.44. The number of rotatable bonds is 7. The van der Waals surface area contributed by atoms with Crippen LogP contribution < -0.4 is 15.8 Å². The summed E-state index contributed by atoms with van der Waals surface area (Å²) in [6, 6.07) is 7.05. The second-order valence-electron chi connectivity index (χ2n) is 12.0. The predicted octanol–water partition coefficient (Wildman–Crippen LogP) is 5.33. The van der Waals surface area contributed by atoms with Crippen molar-refractivity contribution in [2.24, 2.45) is 5.41 Å². The molecule has 1 amide bonds. The third kappa shape index (κ3) is 7.29. The molecule has 6 nitrogen and oxygen atoms in total. The number of benzene rings is 1. The van der Waals surface area contributed by atoms with Gasteiger partial charge in [0.25, 0.3) is 11.5 Å². The van der Waals surface area contributed by atoms with Crippen molar-refractivity contribution in [3.63, 3.8) is 0 Å². The number of aromatic nitrogens is 1. The van der Waals surface area contributed by atoms with Crippen molar-refractivity contribution >= 4 is 11.6 Å². The SMILES string of the molecule is CCN(c1cc(C#CC(C)(C)C)cc(C(=O)NCc2c(C)cc(C)[nH]c2=O)c1C)[C@H]1CC[C@H](N(C)C)CC1. The van der Waals surface area contributed by atoms with E-state index in [1.165, 1.54) is 12.8 Å². The topological polar surface area (TPSA) is 68.4 Å². The van der Waals surface area contributed by atoms with Crippen LogP contribution in [0.15, 0.2) is 23.0 Å². The van der Waals surface area contributed by atoms with Crippen LogP contribution in [0, 0.1) is 38.0 Å². The number of hydrogen-bond donors (Lipinski definition) is 2. The van der Waals surface area contributed by atoms with Crippen molar-refractivity contribution in [1.82, 2.24) is 15.2 Å². The van der Waals surface area contributed by atoms with Gasteiger partial charge in [0.05, 0.1) is 0 Å². The quantitative estimate of drug-likeness (QED) is 0.487. The van der Waals surface area contributed by atoms with E-state index in [4.69, 9.17) is 0 Å². The molecule has 3 rings (SSSR count). The van der Waals surface area contributed by atoms with Crippen LogP contribution in [-0.2, 0) is 6.54 Å². The Hall–Kier alpha value is -3.04. The summed E-state index contributed by atoms with van der Waals surface area (Å²) in [5.41, 5.74) is 5.45. The summed E-state index contributed by atoms with van der Waals surface area (Å²) >= 11 is 0. The van der Waals surface area contributed by atoms with Crippen LogP contribution in [0.25, 0.3) is 0 Å². The molecule has 1 aliphatic rings. The van der Waals surface area contributed by atoms with E-state index in [0.29, 0.717) is 23.2 Å². The lowest BCUT2D eigenvalue weighted by Gasteiger charge is -2.40. The number of anilines is 1. The van der Waals surface area contributed by atoms with Crippen molar-refractivity contribution in [2.45, 2.75) is 92.8 Å². The molecule has 1 fully saturated rings. The number of pyridine rings is 1. The first-order chi connectivity index (χ1) is 17.8. The standard InChI is InChI=1S/C32H46N4O2/c1-10-36(26-13-11-25(12-14-26)35(8)9)29-19-24(15-16-32(5,6)7)18-27(23(29)4)30(37)33-20-28-21(2)17-22(3)34-31(28)38/h17-19,25-26H,10-14,20H2,1-9H3,(H,33,37)(H,34,38)/t25-,26-. The second kappa shape index (κ2) is 12.2.